The summed E-state index contributed by atoms with van der Waals surface area (Å²) in [6.45, 7) is 9.77. The number of hydrogen-bond donors (Lipinski definition) is 0. The van der Waals surface area contributed by atoms with Crippen molar-refractivity contribution in [2.24, 2.45) is 34.0 Å². The van der Waals surface area contributed by atoms with E-state index in [9.17, 15) is 4.79 Å². The van der Waals surface area contributed by atoms with Gasteiger partial charge in [0.2, 0.25) is 0 Å². The fraction of sp³-hybridized carbons (Fsp3) is 0.857. The minimum absolute atomic E-state index is 0.0209. The first-order valence-electron chi connectivity index (χ1n) is 9.53. The second-order valence-corrected chi connectivity index (χ2v) is 9.80. The monoisotopic (exact) mass is 300 g/mol. The van der Waals surface area contributed by atoms with E-state index in [1.54, 1.807) is 5.57 Å². The van der Waals surface area contributed by atoms with Gasteiger partial charge in [-0.25, -0.2) is 0 Å². The van der Waals surface area contributed by atoms with Crippen LogP contribution in [-0.2, 0) is 4.79 Å². The molecule has 4 aliphatic carbocycles. The predicted molar refractivity (Wildman–Crippen MR) is 90.5 cm³/mol. The van der Waals surface area contributed by atoms with Gasteiger partial charge in [0.1, 0.15) is 5.78 Å². The molecular formula is C21H32O. The highest BCUT2D eigenvalue weighted by atomic mass is 16.1. The Balaban J connectivity index is 1.74. The number of rotatable bonds is 0. The Morgan fingerprint density at radius 3 is 2.45 bits per heavy atom. The number of ketones is 1. The summed E-state index contributed by atoms with van der Waals surface area (Å²) in [5.74, 6) is 2.84. The van der Waals surface area contributed by atoms with Gasteiger partial charge >= 0.3 is 0 Å². The standard InChI is InChI=1S/C21H32O/c1-19(2)11-5-12-20(3)16-10-13-21(4)15(7-9-18(21)22)14(16)6-8-17(19)20/h8,14-16H,5-7,9-13H2,1-4H3/t14-,15-,16+,20+,21-/m0/s1. The molecule has 0 unspecified atom stereocenters. The summed E-state index contributed by atoms with van der Waals surface area (Å²) in [7, 11) is 0. The van der Waals surface area contributed by atoms with Crippen LogP contribution >= 0.6 is 0 Å². The molecule has 0 radical (unpaired) electrons. The molecule has 0 amide bonds. The normalized spacial score (nSPS) is 49.9. The van der Waals surface area contributed by atoms with Crippen LogP contribution in [0.4, 0.5) is 0 Å². The molecule has 0 aromatic heterocycles. The zero-order valence-electron chi connectivity index (χ0n) is 14.9. The topological polar surface area (TPSA) is 17.1 Å². The highest BCUT2D eigenvalue weighted by Gasteiger charge is 2.59. The van der Waals surface area contributed by atoms with Gasteiger partial charge in [0.15, 0.2) is 0 Å². The maximum absolute atomic E-state index is 12.5. The number of allylic oxidation sites excluding steroid dienone is 2. The molecule has 0 aromatic rings. The van der Waals surface area contributed by atoms with E-state index < -0.39 is 0 Å². The van der Waals surface area contributed by atoms with Crippen LogP contribution in [0.5, 0.6) is 0 Å². The van der Waals surface area contributed by atoms with Gasteiger partial charge in [0.25, 0.3) is 0 Å². The summed E-state index contributed by atoms with van der Waals surface area (Å²) < 4.78 is 0. The molecule has 0 bridgehead atoms. The summed E-state index contributed by atoms with van der Waals surface area (Å²) in [5.41, 5.74) is 2.59. The van der Waals surface area contributed by atoms with Gasteiger partial charge < -0.3 is 0 Å². The molecule has 0 spiro atoms. The molecule has 22 heavy (non-hydrogen) atoms. The van der Waals surface area contributed by atoms with Crippen LogP contribution in [0.2, 0.25) is 0 Å². The van der Waals surface area contributed by atoms with E-state index in [-0.39, 0.29) is 5.41 Å². The Labute approximate surface area is 135 Å². The molecular weight excluding hydrogens is 268 g/mol. The van der Waals surface area contributed by atoms with Crippen molar-refractivity contribution in [1.29, 1.82) is 0 Å². The summed E-state index contributed by atoms with van der Waals surface area (Å²) in [5, 5.41) is 0. The molecule has 4 aliphatic rings. The lowest BCUT2D eigenvalue weighted by Gasteiger charge is -2.59. The van der Waals surface area contributed by atoms with Crippen molar-refractivity contribution in [3.8, 4) is 0 Å². The molecule has 0 N–H and O–H groups in total. The van der Waals surface area contributed by atoms with Crippen LogP contribution in [-0.4, -0.2) is 5.78 Å². The Kier molecular flexibility index (Phi) is 3.05. The van der Waals surface area contributed by atoms with Crippen molar-refractivity contribution in [3.05, 3.63) is 11.6 Å². The van der Waals surface area contributed by atoms with Crippen LogP contribution in [0.1, 0.15) is 79.1 Å². The fourth-order valence-electron chi connectivity index (χ4n) is 7.27. The Morgan fingerprint density at radius 2 is 1.68 bits per heavy atom. The van der Waals surface area contributed by atoms with Crippen molar-refractivity contribution in [3.63, 3.8) is 0 Å². The number of carbonyl (C=O) groups excluding carboxylic acids is 1. The quantitative estimate of drug-likeness (QED) is 0.536. The third kappa shape index (κ3) is 1.74. The number of Topliss-reactive ketones (excluding diaryl/α,β-unsaturated/α-hetero) is 1. The van der Waals surface area contributed by atoms with Gasteiger partial charge in [-0.3, -0.25) is 4.79 Å². The molecule has 0 aliphatic heterocycles. The SMILES string of the molecule is CC1(C)CCC[C@@]2(C)C1=CC[C@@H]1[C@H]2CC[C@]2(C)C(=O)CC[C@@H]12. The maximum atomic E-state index is 12.5. The second-order valence-electron chi connectivity index (χ2n) is 9.80. The Morgan fingerprint density at radius 1 is 0.955 bits per heavy atom. The molecule has 0 heterocycles. The van der Waals surface area contributed by atoms with Crippen molar-refractivity contribution < 1.29 is 4.79 Å². The molecule has 0 aromatic carbocycles. The third-order valence-electron chi connectivity index (χ3n) is 8.40. The average molecular weight is 300 g/mol. The minimum atomic E-state index is 0.0209. The van der Waals surface area contributed by atoms with E-state index in [2.05, 4.69) is 33.8 Å². The maximum Gasteiger partial charge on any atom is 0.139 e. The summed E-state index contributed by atoms with van der Waals surface area (Å²) in [6, 6.07) is 0. The molecule has 0 saturated heterocycles. The lowest BCUT2D eigenvalue weighted by atomic mass is 9.45. The zero-order valence-corrected chi connectivity index (χ0v) is 14.9. The van der Waals surface area contributed by atoms with Crippen LogP contribution in [0, 0.1) is 34.0 Å². The average Bonchev–Trinajstić information content (AvgIpc) is 2.74. The van der Waals surface area contributed by atoms with Gasteiger partial charge in [-0.2, -0.15) is 0 Å². The van der Waals surface area contributed by atoms with Crippen LogP contribution in [0.3, 0.4) is 0 Å². The van der Waals surface area contributed by atoms with E-state index in [1.807, 2.05) is 0 Å². The number of carbonyl (C=O) groups is 1. The van der Waals surface area contributed by atoms with Gasteiger partial charge in [-0.15, -0.1) is 0 Å². The van der Waals surface area contributed by atoms with E-state index >= 15 is 0 Å². The smallest absolute Gasteiger partial charge is 0.139 e. The molecule has 1 heteroatoms. The van der Waals surface area contributed by atoms with Gasteiger partial charge in [0.05, 0.1) is 0 Å². The second kappa shape index (κ2) is 4.48. The van der Waals surface area contributed by atoms with Crippen LogP contribution < -0.4 is 0 Å². The van der Waals surface area contributed by atoms with Gasteiger partial charge in [0, 0.05) is 11.8 Å². The fourth-order valence-corrected chi connectivity index (χ4v) is 7.27. The van der Waals surface area contributed by atoms with E-state index in [1.165, 1.54) is 38.5 Å². The van der Waals surface area contributed by atoms with Crippen LogP contribution in [0.25, 0.3) is 0 Å². The minimum Gasteiger partial charge on any atom is -0.299 e. The first-order chi connectivity index (χ1) is 10.3. The lowest BCUT2D eigenvalue weighted by molar-refractivity contribution is -0.132. The van der Waals surface area contributed by atoms with Crippen molar-refractivity contribution >= 4 is 5.78 Å². The first-order valence-corrected chi connectivity index (χ1v) is 9.53. The first kappa shape index (κ1) is 15.0. The molecule has 3 fully saturated rings. The van der Waals surface area contributed by atoms with Crippen LogP contribution in [0.15, 0.2) is 11.6 Å². The van der Waals surface area contributed by atoms with E-state index in [0.717, 1.165) is 24.7 Å². The summed E-state index contributed by atoms with van der Waals surface area (Å²) in [6.07, 6.45) is 12.4. The Bertz CT molecular complexity index is 542. The third-order valence-corrected chi connectivity index (χ3v) is 8.40. The van der Waals surface area contributed by atoms with E-state index in [4.69, 9.17) is 0 Å². The van der Waals surface area contributed by atoms with Crippen molar-refractivity contribution in [2.75, 3.05) is 0 Å². The number of fused-ring (bicyclic) bond motifs is 5. The summed E-state index contributed by atoms with van der Waals surface area (Å²) in [4.78, 5) is 12.5. The zero-order chi connectivity index (χ0) is 15.8. The number of hydrogen-bond acceptors (Lipinski definition) is 1. The van der Waals surface area contributed by atoms with Gasteiger partial charge in [-0.05, 0) is 67.1 Å². The molecule has 1 nitrogen and oxygen atoms in total. The lowest BCUT2D eigenvalue weighted by Crippen LogP contribution is -2.51. The highest BCUT2D eigenvalue weighted by Crippen LogP contribution is 2.66. The molecule has 122 valence electrons. The highest BCUT2D eigenvalue weighted by molar-refractivity contribution is 5.87. The van der Waals surface area contributed by atoms with Gasteiger partial charge in [-0.1, -0.05) is 45.8 Å². The van der Waals surface area contributed by atoms with Crippen molar-refractivity contribution in [1.82, 2.24) is 0 Å². The molecule has 3 saturated carbocycles. The molecule has 4 rings (SSSR count). The summed E-state index contributed by atoms with van der Waals surface area (Å²) >= 11 is 0. The molecule has 5 atom stereocenters. The Hall–Kier alpha value is -0.590. The largest absolute Gasteiger partial charge is 0.299 e. The van der Waals surface area contributed by atoms with Crippen molar-refractivity contribution in [2.45, 2.75) is 79.1 Å². The van der Waals surface area contributed by atoms with E-state index in [0.29, 0.717) is 22.5 Å². The predicted octanol–water partition coefficient (Wildman–Crippen LogP) is 5.54.